The molecule has 2 rings (SSSR count). The first-order chi connectivity index (χ1) is 7.79. The van der Waals surface area contributed by atoms with Gasteiger partial charge in [-0.25, -0.2) is 0 Å². The summed E-state index contributed by atoms with van der Waals surface area (Å²) in [5, 5.41) is 3.46. The normalized spacial score (nSPS) is 18.1. The lowest BCUT2D eigenvalue weighted by Crippen LogP contribution is -2.39. The molecule has 0 saturated heterocycles. The molecule has 1 fully saturated rings. The van der Waals surface area contributed by atoms with E-state index in [1.54, 1.807) is 0 Å². The van der Waals surface area contributed by atoms with Gasteiger partial charge in [0.2, 0.25) is 0 Å². The largest absolute Gasteiger partial charge is 0.316 e. The Morgan fingerprint density at radius 2 is 2.31 bits per heavy atom. The molecule has 1 aliphatic rings. The van der Waals surface area contributed by atoms with Crippen molar-refractivity contribution in [2.45, 2.75) is 30.2 Å². The van der Waals surface area contributed by atoms with Gasteiger partial charge in [0.15, 0.2) is 0 Å². The van der Waals surface area contributed by atoms with Crippen LogP contribution in [0.2, 0.25) is 0 Å². The monoisotopic (exact) mass is 299 g/mol. The maximum atomic E-state index is 3.51. The van der Waals surface area contributed by atoms with E-state index in [0.717, 1.165) is 5.92 Å². The summed E-state index contributed by atoms with van der Waals surface area (Å²) >= 11 is 5.46. The Bertz CT molecular complexity index is 338. The molecule has 1 aliphatic carbocycles. The van der Waals surface area contributed by atoms with Crippen LogP contribution in [0.1, 0.15) is 19.3 Å². The van der Waals surface area contributed by atoms with Crippen molar-refractivity contribution in [1.82, 2.24) is 5.32 Å². The van der Waals surface area contributed by atoms with Crippen molar-refractivity contribution in [3.05, 3.63) is 28.7 Å². The van der Waals surface area contributed by atoms with Crippen LogP contribution in [0.4, 0.5) is 0 Å². The standard InChI is InChI=1S/C13H18BrNS/c1-15-13(10-4-2-5-10)9-16-12-7-3-6-11(14)8-12/h3,6-8,10,13,15H,2,4-5,9H2,1H3. The number of rotatable bonds is 5. The third-order valence-corrected chi connectivity index (χ3v) is 4.92. The molecule has 1 aromatic rings. The third-order valence-electron chi connectivity index (χ3n) is 3.32. The van der Waals surface area contributed by atoms with Crippen molar-refractivity contribution in [3.63, 3.8) is 0 Å². The molecule has 1 unspecified atom stereocenters. The molecule has 0 heterocycles. The fourth-order valence-corrected chi connectivity index (χ4v) is 3.79. The van der Waals surface area contributed by atoms with Crippen molar-refractivity contribution in [1.29, 1.82) is 0 Å². The van der Waals surface area contributed by atoms with Gasteiger partial charge in [0.1, 0.15) is 0 Å². The minimum atomic E-state index is 0.678. The second kappa shape index (κ2) is 6.08. The molecule has 0 aliphatic heterocycles. The van der Waals surface area contributed by atoms with Crippen LogP contribution in [-0.4, -0.2) is 18.8 Å². The lowest BCUT2D eigenvalue weighted by atomic mass is 9.80. The Kier molecular flexibility index (Phi) is 4.74. The molecule has 16 heavy (non-hydrogen) atoms. The highest BCUT2D eigenvalue weighted by molar-refractivity contribution is 9.10. The summed E-state index contributed by atoms with van der Waals surface area (Å²) in [4.78, 5) is 1.36. The summed E-state index contributed by atoms with van der Waals surface area (Å²) in [5.41, 5.74) is 0. The van der Waals surface area contributed by atoms with E-state index in [9.17, 15) is 0 Å². The SMILES string of the molecule is CNC(CSc1cccc(Br)c1)C1CCC1. The molecule has 3 heteroatoms. The van der Waals surface area contributed by atoms with E-state index in [-0.39, 0.29) is 0 Å². The Balaban J connectivity index is 1.85. The van der Waals surface area contributed by atoms with Crippen molar-refractivity contribution < 1.29 is 0 Å². The van der Waals surface area contributed by atoms with E-state index >= 15 is 0 Å². The number of hydrogen-bond donors (Lipinski definition) is 1. The van der Waals surface area contributed by atoms with Crippen molar-refractivity contribution >= 4 is 27.7 Å². The lowest BCUT2D eigenvalue weighted by Gasteiger charge is -2.33. The number of halogens is 1. The van der Waals surface area contributed by atoms with E-state index in [4.69, 9.17) is 0 Å². The number of benzene rings is 1. The number of nitrogens with one attached hydrogen (secondary N) is 1. The van der Waals surface area contributed by atoms with Crippen molar-refractivity contribution in [2.24, 2.45) is 5.92 Å². The first-order valence-electron chi connectivity index (χ1n) is 5.85. The predicted molar refractivity (Wildman–Crippen MR) is 75.1 cm³/mol. The molecule has 1 nitrogen and oxygen atoms in total. The van der Waals surface area contributed by atoms with Crippen LogP contribution in [0.25, 0.3) is 0 Å². The van der Waals surface area contributed by atoms with Crippen LogP contribution >= 0.6 is 27.7 Å². The van der Waals surface area contributed by atoms with Gasteiger partial charge in [-0.3, -0.25) is 0 Å². The zero-order valence-corrected chi connectivity index (χ0v) is 12.0. The van der Waals surface area contributed by atoms with Gasteiger partial charge >= 0.3 is 0 Å². The second-order valence-electron chi connectivity index (χ2n) is 4.35. The maximum absolute atomic E-state index is 3.51. The second-order valence-corrected chi connectivity index (χ2v) is 6.36. The lowest BCUT2D eigenvalue weighted by molar-refractivity contribution is 0.252. The van der Waals surface area contributed by atoms with Crippen LogP contribution in [-0.2, 0) is 0 Å². The van der Waals surface area contributed by atoms with Gasteiger partial charge in [-0.1, -0.05) is 28.4 Å². The average Bonchev–Trinajstić information content (AvgIpc) is 2.21. The molecular weight excluding hydrogens is 282 g/mol. The van der Waals surface area contributed by atoms with Gasteiger partial charge in [-0.2, -0.15) is 0 Å². The van der Waals surface area contributed by atoms with Crippen molar-refractivity contribution in [3.8, 4) is 0 Å². The van der Waals surface area contributed by atoms with Gasteiger partial charge in [0, 0.05) is 21.2 Å². The summed E-state index contributed by atoms with van der Waals surface area (Å²) in [6.45, 7) is 0. The summed E-state index contributed by atoms with van der Waals surface area (Å²) < 4.78 is 1.17. The quantitative estimate of drug-likeness (QED) is 0.827. The Morgan fingerprint density at radius 3 is 2.88 bits per heavy atom. The van der Waals surface area contributed by atoms with E-state index in [1.807, 2.05) is 11.8 Å². The summed E-state index contributed by atoms with van der Waals surface area (Å²) in [6.07, 6.45) is 4.24. The molecular formula is C13H18BrNS. The van der Waals surface area contributed by atoms with Gasteiger partial charge in [0.05, 0.1) is 0 Å². The van der Waals surface area contributed by atoms with Crippen LogP contribution in [0, 0.1) is 5.92 Å². The summed E-state index contributed by atoms with van der Waals surface area (Å²) in [7, 11) is 2.09. The van der Waals surface area contributed by atoms with E-state index in [1.165, 1.54) is 34.4 Å². The number of hydrogen-bond acceptors (Lipinski definition) is 2. The zero-order valence-electron chi connectivity index (χ0n) is 9.58. The minimum absolute atomic E-state index is 0.678. The topological polar surface area (TPSA) is 12.0 Å². The molecule has 0 spiro atoms. The van der Waals surface area contributed by atoms with Crippen molar-refractivity contribution in [2.75, 3.05) is 12.8 Å². The molecule has 1 aromatic carbocycles. The van der Waals surface area contributed by atoms with Crippen LogP contribution in [0.5, 0.6) is 0 Å². The third kappa shape index (κ3) is 3.25. The first-order valence-corrected chi connectivity index (χ1v) is 7.63. The Labute approximate surface area is 111 Å². The van der Waals surface area contributed by atoms with Crippen LogP contribution < -0.4 is 5.32 Å². The van der Waals surface area contributed by atoms with Gasteiger partial charge in [-0.05, 0) is 44.0 Å². The highest BCUT2D eigenvalue weighted by Crippen LogP contribution is 2.32. The predicted octanol–water partition coefficient (Wildman–Crippen LogP) is 3.93. The van der Waals surface area contributed by atoms with Crippen LogP contribution in [0.3, 0.4) is 0 Å². The average molecular weight is 300 g/mol. The van der Waals surface area contributed by atoms with Gasteiger partial charge in [0.25, 0.3) is 0 Å². The summed E-state index contributed by atoms with van der Waals surface area (Å²) in [6, 6.07) is 9.23. The molecule has 0 aromatic heterocycles. The molecule has 0 amide bonds. The fourth-order valence-electron chi connectivity index (χ4n) is 2.04. The first kappa shape index (κ1) is 12.5. The summed E-state index contributed by atoms with van der Waals surface area (Å²) in [5.74, 6) is 2.09. The van der Waals surface area contributed by atoms with E-state index in [2.05, 4.69) is 52.6 Å². The highest BCUT2D eigenvalue weighted by atomic mass is 79.9. The van der Waals surface area contributed by atoms with E-state index < -0.39 is 0 Å². The molecule has 1 atom stereocenters. The van der Waals surface area contributed by atoms with Gasteiger partial charge in [-0.15, -0.1) is 11.8 Å². The molecule has 1 saturated carbocycles. The highest BCUT2D eigenvalue weighted by Gasteiger charge is 2.25. The Hall–Kier alpha value is 0.01000. The Morgan fingerprint density at radius 1 is 1.50 bits per heavy atom. The zero-order chi connectivity index (χ0) is 11.4. The molecule has 0 radical (unpaired) electrons. The van der Waals surface area contributed by atoms with Gasteiger partial charge < -0.3 is 5.32 Å². The maximum Gasteiger partial charge on any atom is 0.0186 e. The smallest absolute Gasteiger partial charge is 0.0186 e. The number of thioether (sulfide) groups is 1. The minimum Gasteiger partial charge on any atom is -0.316 e. The molecule has 1 N–H and O–H groups in total. The molecule has 0 bridgehead atoms. The van der Waals surface area contributed by atoms with E-state index in [0.29, 0.717) is 6.04 Å². The molecule has 88 valence electrons. The van der Waals surface area contributed by atoms with Crippen LogP contribution in [0.15, 0.2) is 33.6 Å². The fraction of sp³-hybridized carbons (Fsp3) is 0.538.